The number of anilines is 1. The molecule has 2 fully saturated rings. The van der Waals surface area contributed by atoms with E-state index < -0.39 is 0 Å². The number of nitrogens with zero attached hydrogens (tertiary/aromatic N) is 1. The lowest BCUT2D eigenvalue weighted by molar-refractivity contribution is 0.102. The summed E-state index contributed by atoms with van der Waals surface area (Å²) in [5.41, 5.74) is 1.37. The molecule has 1 N–H and O–H groups in total. The fourth-order valence-electron chi connectivity index (χ4n) is 2.92. The maximum atomic E-state index is 12.5. The standard InChI is InChI=1S/C20H22N2O2/c23-20(21-16-6-2-1-3-7-16)18-8-4-5-9-19(18)24-14-17-13-22(17)12-15-10-11-15/h1-9,15,17H,10-14H2,(H,21,23). The summed E-state index contributed by atoms with van der Waals surface area (Å²) in [6, 6.07) is 17.4. The molecule has 124 valence electrons. The lowest BCUT2D eigenvalue weighted by Gasteiger charge is -2.12. The molecule has 0 aromatic heterocycles. The monoisotopic (exact) mass is 322 g/mol. The van der Waals surface area contributed by atoms with E-state index in [1.54, 1.807) is 0 Å². The number of ether oxygens (including phenoxy) is 1. The average molecular weight is 322 g/mol. The van der Waals surface area contributed by atoms with Crippen molar-refractivity contribution in [2.24, 2.45) is 5.92 Å². The molecule has 1 aliphatic heterocycles. The van der Waals surface area contributed by atoms with Crippen LogP contribution in [0.2, 0.25) is 0 Å². The van der Waals surface area contributed by atoms with E-state index in [-0.39, 0.29) is 5.91 Å². The van der Waals surface area contributed by atoms with Gasteiger partial charge in [-0.3, -0.25) is 9.69 Å². The molecule has 1 heterocycles. The summed E-state index contributed by atoms with van der Waals surface area (Å²) in [5.74, 6) is 1.44. The Morgan fingerprint density at radius 1 is 1.08 bits per heavy atom. The maximum Gasteiger partial charge on any atom is 0.259 e. The third-order valence-electron chi connectivity index (χ3n) is 4.61. The van der Waals surface area contributed by atoms with Crippen molar-refractivity contribution < 1.29 is 9.53 Å². The van der Waals surface area contributed by atoms with Crippen LogP contribution in [0.3, 0.4) is 0 Å². The Labute approximate surface area is 142 Å². The minimum absolute atomic E-state index is 0.137. The highest BCUT2D eigenvalue weighted by Gasteiger charge is 2.38. The van der Waals surface area contributed by atoms with Gasteiger partial charge in [-0.1, -0.05) is 30.3 Å². The number of nitrogens with one attached hydrogen (secondary N) is 1. The van der Waals surface area contributed by atoms with Crippen LogP contribution in [0.1, 0.15) is 23.2 Å². The van der Waals surface area contributed by atoms with Crippen LogP contribution in [0.5, 0.6) is 5.75 Å². The average Bonchev–Trinajstić information content (AvgIpc) is 3.53. The van der Waals surface area contributed by atoms with Crippen molar-refractivity contribution in [3.05, 3.63) is 60.2 Å². The molecule has 1 aliphatic carbocycles. The van der Waals surface area contributed by atoms with Crippen LogP contribution < -0.4 is 10.1 Å². The first-order valence-corrected chi connectivity index (χ1v) is 8.62. The van der Waals surface area contributed by atoms with Crippen molar-refractivity contribution in [3.63, 3.8) is 0 Å². The number of benzene rings is 2. The van der Waals surface area contributed by atoms with E-state index in [4.69, 9.17) is 4.74 Å². The van der Waals surface area contributed by atoms with Gasteiger partial charge in [0.2, 0.25) is 0 Å². The van der Waals surface area contributed by atoms with Crippen molar-refractivity contribution in [3.8, 4) is 5.75 Å². The SMILES string of the molecule is O=C(Nc1ccccc1)c1ccccc1OCC1CN1CC1CC1. The van der Waals surface area contributed by atoms with Crippen LogP contribution in [0.4, 0.5) is 5.69 Å². The van der Waals surface area contributed by atoms with Crippen LogP contribution >= 0.6 is 0 Å². The highest BCUT2D eigenvalue weighted by molar-refractivity contribution is 6.06. The van der Waals surface area contributed by atoms with Gasteiger partial charge in [0.25, 0.3) is 5.91 Å². The Hall–Kier alpha value is -2.33. The molecular weight excluding hydrogens is 300 g/mol. The number of rotatable bonds is 7. The Balaban J connectivity index is 1.36. The van der Waals surface area contributed by atoms with Gasteiger partial charge in [-0.05, 0) is 43.0 Å². The van der Waals surface area contributed by atoms with Gasteiger partial charge in [0.1, 0.15) is 12.4 Å². The zero-order chi connectivity index (χ0) is 16.4. The van der Waals surface area contributed by atoms with E-state index in [1.807, 2.05) is 54.6 Å². The first-order valence-electron chi connectivity index (χ1n) is 8.62. The van der Waals surface area contributed by atoms with E-state index in [2.05, 4.69) is 10.2 Å². The van der Waals surface area contributed by atoms with Crippen LogP contribution in [-0.4, -0.2) is 36.5 Å². The van der Waals surface area contributed by atoms with Crippen LogP contribution in [0.15, 0.2) is 54.6 Å². The molecule has 0 radical (unpaired) electrons. The van der Waals surface area contributed by atoms with E-state index in [0.29, 0.717) is 24.0 Å². The summed E-state index contributed by atoms with van der Waals surface area (Å²) in [6.45, 7) is 2.99. The Bertz CT molecular complexity index is 713. The molecule has 0 spiro atoms. The lowest BCUT2D eigenvalue weighted by atomic mass is 10.2. The largest absolute Gasteiger partial charge is 0.491 e. The number of amides is 1. The van der Waals surface area contributed by atoms with Crippen LogP contribution in [-0.2, 0) is 0 Å². The predicted octanol–water partition coefficient (Wildman–Crippen LogP) is 3.41. The molecule has 2 unspecified atom stereocenters. The number of carbonyl (C=O) groups is 1. The van der Waals surface area contributed by atoms with Crippen molar-refractivity contribution in [1.29, 1.82) is 0 Å². The molecule has 1 saturated carbocycles. The van der Waals surface area contributed by atoms with Gasteiger partial charge < -0.3 is 10.1 Å². The maximum absolute atomic E-state index is 12.5. The number of hydrogen-bond acceptors (Lipinski definition) is 3. The highest BCUT2D eigenvalue weighted by Crippen LogP contribution is 2.33. The third kappa shape index (κ3) is 3.77. The highest BCUT2D eigenvalue weighted by atomic mass is 16.5. The Kier molecular flexibility index (Phi) is 4.22. The van der Waals surface area contributed by atoms with Crippen LogP contribution in [0.25, 0.3) is 0 Å². The Morgan fingerprint density at radius 2 is 1.83 bits per heavy atom. The summed E-state index contributed by atoms with van der Waals surface area (Å²) < 4.78 is 5.95. The van der Waals surface area contributed by atoms with Crippen molar-refractivity contribution in [1.82, 2.24) is 4.90 Å². The lowest BCUT2D eigenvalue weighted by Crippen LogP contribution is -2.16. The minimum Gasteiger partial charge on any atom is -0.491 e. The molecular formula is C20H22N2O2. The van der Waals surface area contributed by atoms with Gasteiger partial charge in [0, 0.05) is 18.8 Å². The van der Waals surface area contributed by atoms with Crippen LogP contribution in [0, 0.1) is 5.92 Å². The van der Waals surface area contributed by atoms with Gasteiger partial charge in [-0.25, -0.2) is 0 Å². The Morgan fingerprint density at radius 3 is 2.62 bits per heavy atom. The quantitative estimate of drug-likeness (QED) is 0.794. The molecule has 4 heteroatoms. The van der Waals surface area contributed by atoms with E-state index in [0.717, 1.165) is 18.2 Å². The summed E-state index contributed by atoms with van der Waals surface area (Å²) in [6.07, 6.45) is 2.76. The predicted molar refractivity (Wildman–Crippen MR) is 94.4 cm³/mol. The zero-order valence-electron chi connectivity index (χ0n) is 13.7. The second-order valence-corrected chi connectivity index (χ2v) is 6.68. The molecule has 2 aromatic carbocycles. The van der Waals surface area contributed by atoms with Gasteiger partial charge in [0.15, 0.2) is 0 Å². The summed E-state index contributed by atoms with van der Waals surface area (Å²) in [7, 11) is 0. The van der Waals surface area contributed by atoms with Gasteiger partial charge in [-0.15, -0.1) is 0 Å². The molecule has 4 nitrogen and oxygen atoms in total. The van der Waals surface area contributed by atoms with Crippen molar-refractivity contribution >= 4 is 11.6 Å². The minimum atomic E-state index is -0.137. The fraction of sp³-hybridized carbons (Fsp3) is 0.350. The molecule has 2 aromatic rings. The summed E-state index contributed by atoms with van der Waals surface area (Å²) in [4.78, 5) is 15.0. The molecule has 1 saturated heterocycles. The van der Waals surface area contributed by atoms with Gasteiger partial charge >= 0.3 is 0 Å². The normalized spacial score (nSPS) is 22.0. The first kappa shape index (κ1) is 15.2. The van der Waals surface area contributed by atoms with Crippen molar-refractivity contribution in [2.75, 3.05) is 25.0 Å². The summed E-state index contributed by atoms with van der Waals surface area (Å²) >= 11 is 0. The molecule has 2 aliphatic rings. The smallest absolute Gasteiger partial charge is 0.259 e. The molecule has 0 bridgehead atoms. The molecule has 4 rings (SSSR count). The number of para-hydroxylation sites is 2. The van der Waals surface area contributed by atoms with E-state index >= 15 is 0 Å². The number of carbonyl (C=O) groups excluding carboxylic acids is 1. The zero-order valence-corrected chi connectivity index (χ0v) is 13.7. The molecule has 1 amide bonds. The summed E-state index contributed by atoms with van der Waals surface area (Å²) in [5, 5.41) is 2.92. The molecule has 24 heavy (non-hydrogen) atoms. The second kappa shape index (κ2) is 6.65. The topological polar surface area (TPSA) is 41.3 Å². The van der Waals surface area contributed by atoms with E-state index in [9.17, 15) is 4.79 Å². The number of hydrogen-bond donors (Lipinski definition) is 1. The first-order chi connectivity index (χ1) is 11.8. The van der Waals surface area contributed by atoms with Crippen molar-refractivity contribution in [2.45, 2.75) is 18.9 Å². The van der Waals surface area contributed by atoms with Gasteiger partial charge in [0.05, 0.1) is 11.6 Å². The van der Waals surface area contributed by atoms with Gasteiger partial charge in [-0.2, -0.15) is 0 Å². The third-order valence-corrected chi connectivity index (χ3v) is 4.61. The van der Waals surface area contributed by atoms with E-state index in [1.165, 1.54) is 19.4 Å². The molecule has 2 atom stereocenters. The fourth-order valence-corrected chi connectivity index (χ4v) is 2.92. The second-order valence-electron chi connectivity index (χ2n) is 6.68.